The van der Waals surface area contributed by atoms with Crippen molar-refractivity contribution in [3.63, 3.8) is 0 Å². The van der Waals surface area contributed by atoms with Gasteiger partial charge in [-0.2, -0.15) is 0 Å². The highest BCUT2D eigenvalue weighted by Gasteiger charge is 2.48. The molecule has 1 fully saturated rings. The first-order valence-electron chi connectivity index (χ1n) is 12.7. The van der Waals surface area contributed by atoms with Crippen LogP contribution in [0.1, 0.15) is 35.3 Å². The van der Waals surface area contributed by atoms with E-state index < -0.39 is 12.1 Å². The summed E-state index contributed by atoms with van der Waals surface area (Å²) < 4.78 is 24.8. The number of methoxy groups -OCH3 is 1. The van der Waals surface area contributed by atoms with Crippen molar-refractivity contribution in [2.24, 2.45) is 0 Å². The summed E-state index contributed by atoms with van der Waals surface area (Å²) in [7, 11) is 1.59. The van der Waals surface area contributed by atoms with Gasteiger partial charge in [0.15, 0.2) is 11.5 Å². The summed E-state index contributed by atoms with van der Waals surface area (Å²) in [6.07, 6.45) is 0.411. The molecule has 1 N–H and O–H groups in total. The number of rotatable bonds is 6. The third kappa shape index (κ3) is 3.97. The van der Waals surface area contributed by atoms with Crippen LogP contribution in [0.25, 0.3) is 10.9 Å². The average molecular weight is 514 g/mol. The highest BCUT2D eigenvalue weighted by Crippen LogP contribution is 2.44. The Morgan fingerprint density at radius 2 is 1.82 bits per heavy atom. The molecule has 7 nitrogen and oxygen atoms in total. The van der Waals surface area contributed by atoms with Crippen LogP contribution in [-0.4, -0.2) is 52.9 Å². The molecular weight excluding hydrogens is 485 g/mol. The zero-order chi connectivity index (χ0) is 26.4. The van der Waals surface area contributed by atoms with E-state index in [9.17, 15) is 14.0 Å². The Bertz CT molecular complexity index is 1530. The van der Waals surface area contributed by atoms with E-state index in [1.807, 2.05) is 49.4 Å². The van der Waals surface area contributed by atoms with Gasteiger partial charge in [0.05, 0.1) is 19.8 Å². The molecule has 194 valence electrons. The van der Waals surface area contributed by atoms with Crippen molar-refractivity contribution in [2.75, 3.05) is 20.3 Å². The van der Waals surface area contributed by atoms with E-state index in [-0.39, 0.29) is 30.7 Å². The molecule has 0 aliphatic carbocycles. The van der Waals surface area contributed by atoms with Gasteiger partial charge in [-0.3, -0.25) is 9.59 Å². The lowest BCUT2D eigenvalue weighted by atomic mass is 9.86. The van der Waals surface area contributed by atoms with Gasteiger partial charge in [-0.1, -0.05) is 36.4 Å². The summed E-state index contributed by atoms with van der Waals surface area (Å²) in [5.74, 6) is 0.590. The molecule has 2 atom stereocenters. The number of halogens is 1. The van der Waals surface area contributed by atoms with Crippen molar-refractivity contribution in [3.8, 4) is 11.5 Å². The Balaban J connectivity index is 1.45. The fraction of sp³-hybridized carbons (Fsp3) is 0.267. The van der Waals surface area contributed by atoms with Crippen molar-refractivity contribution in [1.29, 1.82) is 0 Å². The number of carbonyl (C=O) groups is 2. The average Bonchev–Trinajstić information content (AvgIpc) is 3.30. The summed E-state index contributed by atoms with van der Waals surface area (Å²) >= 11 is 0. The quantitative estimate of drug-likeness (QED) is 0.409. The Kier molecular flexibility index (Phi) is 6.02. The molecule has 0 saturated carbocycles. The van der Waals surface area contributed by atoms with Gasteiger partial charge < -0.3 is 24.3 Å². The van der Waals surface area contributed by atoms with Gasteiger partial charge in [0.1, 0.15) is 18.4 Å². The molecule has 4 aromatic rings. The van der Waals surface area contributed by atoms with Crippen LogP contribution < -0.4 is 9.47 Å². The summed E-state index contributed by atoms with van der Waals surface area (Å²) in [6, 6.07) is 18.5. The smallest absolute Gasteiger partial charge is 0.246 e. The summed E-state index contributed by atoms with van der Waals surface area (Å²) in [4.78, 5) is 34.5. The molecule has 6 rings (SSSR count). The number of fused-ring (bicyclic) bond motifs is 4. The van der Waals surface area contributed by atoms with E-state index in [1.165, 1.54) is 12.1 Å². The van der Waals surface area contributed by atoms with E-state index in [2.05, 4.69) is 4.98 Å². The second-order valence-corrected chi connectivity index (χ2v) is 9.65. The number of amides is 2. The Morgan fingerprint density at radius 3 is 2.58 bits per heavy atom. The molecule has 3 aromatic carbocycles. The number of hydrogen-bond acceptors (Lipinski definition) is 4. The van der Waals surface area contributed by atoms with Gasteiger partial charge in [-0.15, -0.1) is 0 Å². The van der Waals surface area contributed by atoms with E-state index in [1.54, 1.807) is 29.0 Å². The van der Waals surface area contributed by atoms with Crippen LogP contribution in [0.2, 0.25) is 0 Å². The van der Waals surface area contributed by atoms with Crippen molar-refractivity contribution in [1.82, 2.24) is 14.8 Å². The Labute approximate surface area is 219 Å². The standard InChI is InChI=1S/C30H28FN3O4/c1-3-38-25-13-10-19(14-26(25)37-2)29-28-22(21-6-4-5-7-23(21)32-28)15-24-30(36)33(17-27(35)34(24)29)16-18-8-11-20(31)12-9-18/h4-14,24,29,32H,3,15-17H2,1-2H3/t24-,29?/m0/s1. The number of para-hydroxylation sites is 1. The number of ether oxygens (including phenoxy) is 2. The van der Waals surface area contributed by atoms with Gasteiger partial charge in [0.25, 0.3) is 0 Å². The first-order chi connectivity index (χ1) is 18.5. The lowest BCUT2D eigenvalue weighted by Gasteiger charge is -2.47. The van der Waals surface area contributed by atoms with Gasteiger partial charge in [-0.25, -0.2) is 4.39 Å². The van der Waals surface area contributed by atoms with Gasteiger partial charge in [-0.05, 0) is 53.9 Å². The second kappa shape index (κ2) is 9.52. The van der Waals surface area contributed by atoms with Crippen LogP contribution in [0.4, 0.5) is 4.39 Å². The van der Waals surface area contributed by atoms with Gasteiger partial charge in [0.2, 0.25) is 11.8 Å². The number of nitrogens with one attached hydrogen (secondary N) is 1. The molecule has 3 heterocycles. The SMILES string of the molecule is CCOc1ccc(C2c3[nH]c4ccccc4c3C[C@H]3C(=O)N(Cc4ccc(F)cc4)CC(=O)N23)cc1OC. The minimum absolute atomic E-state index is 0.0487. The molecule has 0 spiro atoms. The van der Waals surface area contributed by atoms with Crippen molar-refractivity contribution in [3.05, 3.63) is 94.9 Å². The molecule has 1 unspecified atom stereocenters. The topological polar surface area (TPSA) is 74.9 Å². The summed E-state index contributed by atoms with van der Waals surface area (Å²) in [5.41, 5.74) is 4.50. The molecule has 1 aromatic heterocycles. The molecule has 2 aliphatic heterocycles. The minimum Gasteiger partial charge on any atom is -0.493 e. The summed E-state index contributed by atoms with van der Waals surface area (Å²) in [6.45, 7) is 2.60. The monoisotopic (exact) mass is 513 g/mol. The fourth-order valence-electron chi connectivity index (χ4n) is 5.74. The Morgan fingerprint density at radius 1 is 1.03 bits per heavy atom. The Hall–Kier alpha value is -4.33. The zero-order valence-electron chi connectivity index (χ0n) is 21.2. The number of H-pyrrole nitrogens is 1. The zero-order valence-corrected chi connectivity index (χ0v) is 21.2. The predicted molar refractivity (Wildman–Crippen MR) is 140 cm³/mol. The van der Waals surface area contributed by atoms with Crippen LogP contribution in [0, 0.1) is 5.82 Å². The lowest BCUT2D eigenvalue weighted by Crippen LogP contribution is -2.62. The first-order valence-corrected chi connectivity index (χ1v) is 12.7. The molecule has 8 heteroatoms. The number of nitrogens with zero attached hydrogens (tertiary/aromatic N) is 2. The number of benzene rings is 3. The molecule has 0 radical (unpaired) electrons. The molecule has 2 amide bonds. The highest BCUT2D eigenvalue weighted by atomic mass is 19.1. The molecule has 0 bridgehead atoms. The van der Waals surface area contributed by atoms with E-state index >= 15 is 0 Å². The largest absolute Gasteiger partial charge is 0.493 e. The fourth-order valence-corrected chi connectivity index (χ4v) is 5.74. The minimum atomic E-state index is -0.661. The molecular formula is C30H28FN3O4. The number of aromatic nitrogens is 1. The van der Waals surface area contributed by atoms with E-state index in [0.717, 1.165) is 33.3 Å². The van der Waals surface area contributed by atoms with Crippen molar-refractivity contribution < 1.29 is 23.5 Å². The van der Waals surface area contributed by atoms with Gasteiger partial charge in [0, 0.05) is 29.6 Å². The maximum Gasteiger partial charge on any atom is 0.246 e. The van der Waals surface area contributed by atoms with Crippen LogP contribution in [-0.2, 0) is 22.6 Å². The second-order valence-electron chi connectivity index (χ2n) is 9.65. The van der Waals surface area contributed by atoms with Crippen LogP contribution in [0.3, 0.4) is 0 Å². The van der Waals surface area contributed by atoms with Crippen molar-refractivity contribution in [2.45, 2.75) is 32.0 Å². The number of piperazine rings is 1. The van der Waals surface area contributed by atoms with Crippen molar-refractivity contribution >= 4 is 22.7 Å². The van der Waals surface area contributed by atoms with E-state index in [4.69, 9.17) is 9.47 Å². The van der Waals surface area contributed by atoms with Gasteiger partial charge >= 0.3 is 0 Å². The van der Waals surface area contributed by atoms with E-state index in [0.29, 0.717) is 24.5 Å². The van der Waals surface area contributed by atoms with Crippen LogP contribution in [0.5, 0.6) is 11.5 Å². The predicted octanol–water partition coefficient (Wildman–Crippen LogP) is 4.60. The number of carbonyl (C=O) groups excluding carboxylic acids is 2. The maximum absolute atomic E-state index is 13.9. The first kappa shape index (κ1) is 24.0. The molecule has 2 aliphatic rings. The molecule has 1 saturated heterocycles. The van der Waals surface area contributed by atoms with Crippen LogP contribution in [0.15, 0.2) is 66.7 Å². The number of hydrogen-bond donors (Lipinski definition) is 1. The lowest BCUT2D eigenvalue weighted by molar-refractivity contribution is -0.159. The normalized spacial score (nSPS) is 18.9. The third-order valence-electron chi connectivity index (χ3n) is 7.43. The number of aromatic amines is 1. The highest BCUT2D eigenvalue weighted by molar-refractivity contribution is 5.97. The molecule has 38 heavy (non-hydrogen) atoms. The maximum atomic E-state index is 13.9. The third-order valence-corrected chi connectivity index (χ3v) is 7.43. The van der Waals surface area contributed by atoms with Crippen LogP contribution >= 0.6 is 0 Å². The summed E-state index contributed by atoms with van der Waals surface area (Å²) in [5, 5.41) is 1.04.